The van der Waals surface area contributed by atoms with Gasteiger partial charge in [0.1, 0.15) is 5.69 Å². The molecule has 0 atom stereocenters. The van der Waals surface area contributed by atoms with E-state index >= 15 is 0 Å². The van der Waals surface area contributed by atoms with Crippen molar-refractivity contribution >= 4 is 35.2 Å². The number of carbonyl (C=O) groups is 1. The molecule has 0 spiro atoms. The number of aryl methyl sites for hydroxylation is 1. The van der Waals surface area contributed by atoms with Crippen molar-refractivity contribution in [2.24, 2.45) is 0 Å². The van der Waals surface area contributed by atoms with Crippen molar-refractivity contribution < 1.29 is 18.0 Å². The maximum atomic E-state index is 11.9. The molecule has 8 nitrogen and oxygen atoms in total. The lowest BCUT2D eigenvalue weighted by molar-refractivity contribution is -0.141. The zero-order valence-corrected chi connectivity index (χ0v) is 21.0. The Morgan fingerprint density at radius 3 is 2.27 bits per heavy atom. The maximum absolute atomic E-state index is 11.9. The van der Waals surface area contributed by atoms with Crippen molar-refractivity contribution in [2.45, 2.75) is 26.9 Å². The van der Waals surface area contributed by atoms with Crippen LogP contribution < -0.4 is 16.2 Å². The van der Waals surface area contributed by atoms with E-state index in [0.29, 0.717) is 22.9 Å². The van der Waals surface area contributed by atoms with E-state index in [1.54, 1.807) is 37.6 Å². The second-order valence-electron chi connectivity index (χ2n) is 6.96. The summed E-state index contributed by atoms with van der Waals surface area (Å²) in [7, 11) is 0. The van der Waals surface area contributed by atoms with E-state index in [-0.39, 0.29) is 0 Å². The Bertz CT molecular complexity index is 1240. The van der Waals surface area contributed by atoms with Crippen molar-refractivity contribution in [1.29, 1.82) is 0 Å². The van der Waals surface area contributed by atoms with E-state index < -0.39 is 11.9 Å². The lowest BCUT2D eigenvalue weighted by atomic mass is 10.1. The highest BCUT2D eigenvalue weighted by Gasteiger charge is 2.31. The number of hydrazine groups is 1. The number of hydrogen-bond donors (Lipinski definition) is 3. The second kappa shape index (κ2) is 14.3. The van der Waals surface area contributed by atoms with Crippen molar-refractivity contribution in [2.75, 3.05) is 10.7 Å². The van der Waals surface area contributed by atoms with Gasteiger partial charge < -0.3 is 5.32 Å². The molecule has 0 saturated heterocycles. The summed E-state index contributed by atoms with van der Waals surface area (Å²) in [5, 5.41) is 11.9. The molecule has 1 amide bonds. The monoisotopic (exact) mass is 531 g/mol. The lowest BCUT2D eigenvalue weighted by Crippen LogP contribution is -2.21. The molecule has 1 aromatic carbocycles. The summed E-state index contributed by atoms with van der Waals surface area (Å²) in [5.74, 6) is 0.374. The Hall–Kier alpha value is -4.25. The Balaban J connectivity index is 0.000000311. The minimum absolute atomic E-state index is 0.374. The van der Waals surface area contributed by atoms with Crippen LogP contribution in [0.5, 0.6) is 0 Å². The van der Waals surface area contributed by atoms with Crippen molar-refractivity contribution in [3.8, 4) is 11.1 Å². The van der Waals surface area contributed by atoms with Gasteiger partial charge >= 0.3 is 6.18 Å². The van der Waals surface area contributed by atoms with Gasteiger partial charge in [-0.25, -0.2) is 0 Å². The van der Waals surface area contributed by atoms with Gasteiger partial charge in [0.05, 0.1) is 23.8 Å². The number of hydrogen-bond acceptors (Lipinski definition) is 7. The van der Waals surface area contributed by atoms with Gasteiger partial charge in [-0.15, -0.1) is 5.10 Å². The molecule has 0 unspecified atom stereocenters. The number of carbonyl (C=O) groups excluding carboxylic acids is 1. The largest absolute Gasteiger partial charge is 0.433 e. The van der Waals surface area contributed by atoms with E-state index in [2.05, 4.69) is 36.3 Å². The standard InChI is InChI=1S/C16H13ClN6O.C7H6F3N.C2H6/c17-12-5-3-11(4-6-12)14-9-19-22-16(23-20-10-24)15(14)21-13-2-1-7-18-8-13;1-5-2-3-6(11-4-5)7(8,9)10;1-2/h1-10H,(H,19,21)(H,20,24)(H,22,23);2-4H,1H3;1-2H3. The molecule has 0 aliphatic rings. The van der Waals surface area contributed by atoms with Crippen molar-refractivity contribution in [3.05, 3.63) is 89.6 Å². The molecule has 3 N–H and O–H groups in total. The van der Waals surface area contributed by atoms with Crippen LogP contribution in [0.3, 0.4) is 0 Å². The molecule has 4 aromatic rings. The van der Waals surface area contributed by atoms with Gasteiger partial charge in [0.25, 0.3) is 0 Å². The number of alkyl halides is 3. The fourth-order valence-corrected chi connectivity index (χ4v) is 2.89. The number of amides is 1. The highest BCUT2D eigenvalue weighted by atomic mass is 35.5. The van der Waals surface area contributed by atoms with Crippen LogP contribution in [0.2, 0.25) is 5.02 Å². The van der Waals surface area contributed by atoms with Gasteiger partial charge in [-0.05, 0) is 48.4 Å². The first-order chi connectivity index (χ1) is 17.8. The fourth-order valence-electron chi connectivity index (χ4n) is 2.76. The van der Waals surface area contributed by atoms with Crippen LogP contribution in [-0.4, -0.2) is 26.6 Å². The van der Waals surface area contributed by atoms with E-state index in [1.807, 2.05) is 38.1 Å². The molecule has 0 aliphatic heterocycles. The van der Waals surface area contributed by atoms with Crippen molar-refractivity contribution in [1.82, 2.24) is 25.6 Å². The zero-order valence-electron chi connectivity index (χ0n) is 20.2. The van der Waals surface area contributed by atoms with Crippen LogP contribution in [0.25, 0.3) is 11.1 Å². The van der Waals surface area contributed by atoms with Gasteiger partial charge in [-0.3, -0.25) is 25.6 Å². The summed E-state index contributed by atoms with van der Waals surface area (Å²) >= 11 is 5.96. The van der Waals surface area contributed by atoms with Crippen LogP contribution in [0.4, 0.5) is 30.4 Å². The van der Waals surface area contributed by atoms with Gasteiger partial charge in [0, 0.05) is 23.0 Å². The molecule has 12 heteroatoms. The van der Waals surface area contributed by atoms with E-state index in [4.69, 9.17) is 11.6 Å². The number of nitrogens with zero attached hydrogens (tertiary/aromatic N) is 4. The van der Waals surface area contributed by atoms with Crippen LogP contribution in [0.15, 0.2) is 73.3 Å². The Kier molecular flexibility index (Phi) is 11.2. The molecule has 3 aromatic heterocycles. The smallest absolute Gasteiger partial charge is 0.351 e. The molecule has 3 heterocycles. The molecule has 4 rings (SSSR count). The average Bonchev–Trinajstić information content (AvgIpc) is 2.90. The molecule has 0 saturated carbocycles. The van der Waals surface area contributed by atoms with E-state index in [0.717, 1.165) is 28.4 Å². The normalized spacial score (nSPS) is 10.1. The first kappa shape index (κ1) is 29.0. The average molecular weight is 532 g/mol. The minimum Gasteiger partial charge on any atom is -0.351 e. The lowest BCUT2D eigenvalue weighted by Gasteiger charge is -2.15. The highest BCUT2D eigenvalue weighted by molar-refractivity contribution is 6.30. The molecule has 0 radical (unpaired) electrons. The zero-order chi connectivity index (χ0) is 27.3. The number of rotatable bonds is 6. The quantitative estimate of drug-likeness (QED) is 0.194. The predicted octanol–water partition coefficient (Wildman–Crippen LogP) is 6.44. The van der Waals surface area contributed by atoms with Crippen LogP contribution in [0.1, 0.15) is 25.1 Å². The molecule has 0 bridgehead atoms. The fraction of sp³-hybridized carbons (Fsp3) is 0.160. The highest BCUT2D eigenvalue weighted by Crippen LogP contribution is 2.34. The summed E-state index contributed by atoms with van der Waals surface area (Å²) in [6, 6.07) is 13.4. The van der Waals surface area contributed by atoms with E-state index in [1.165, 1.54) is 12.3 Å². The summed E-state index contributed by atoms with van der Waals surface area (Å²) in [4.78, 5) is 17.9. The summed E-state index contributed by atoms with van der Waals surface area (Å²) < 4.78 is 35.6. The van der Waals surface area contributed by atoms with Gasteiger partial charge in [-0.2, -0.15) is 18.3 Å². The van der Waals surface area contributed by atoms with E-state index in [9.17, 15) is 18.0 Å². The number of pyridine rings is 2. The first-order valence-electron chi connectivity index (χ1n) is 11.0. The number of aromatic nitrogens is 4. The van der Waals surface area contributed by atoms with Gasteiger partial charge in [0.2, 0.25) is 6.41 Å². The first-order valence-corrected chi connectivity index (χ1v) is 11.4. The van der Waals surface area contributed by atoms with Crippen LogP contribution >= 0.6 is 11.6 Å². The van der Waals surface area contributed by atoms with Gasteiger partial charge in [-0.1, -0.05) is 43.6 Å². The molecule has 37 heavy (non-hydrogen) atoms. The number of anilines is 3. The third-order valence-electron chi connectivity index (χ3n) is 4.39. The summed E-state index contributed by atoms with van der Waals surface area (Å²) in [6.45, 7) is 5.69. The summed E-state index contributed by atoms with van der Waals surface area (Å²) in [5.41, 5.74) is 8.06. The second-order valence-corrected chi connectivity index (χ2v) is 7.40. The molecule has 0 fully saturated rings. The SMILES string of the molecule is CC.Cc1ccc(C(F)(F)F)nc1.O=CNNc1nncc(-c2ccc(Cl)cc2)c1Nc1cccnc1. The Labute approximate surface area is 217 Å². The third-order valence-corrected chi connectivity index (χ3v) is 4.64. The van der Waals surface area contributed by atoms with Crippen LogP contribution in [0, 0.1) is 6.92 Å². The predicted molar refractivity (Wildman–Crippen MR) is 138 cm³/mol. The van der Waals surface area contributed by atoms with Crippen LogP contribution in [-0.2, 0) is 11.0 Å². The Morgan fingerprint density at radius 2 is 1.70 bits per heavy atom. The number of nitrogens with one attached hydrogen (secondary N) is 3. The topological polar surface area (TPSA) is 105 Å². The van der Waals surface area contributed by atoms with Gasteiger partial charge in [0.15, 0.2) is 5.82 Å². The number of halogens is 4. The Morgan fingerprint density at radius 1 is 0.973 bits per heavy atom. The molecular formula is C25H25ClF3N7O. The molecule has 0 aliphatic carbocycles. The number of benzene rings is 1. The molecular weight excluding hydrogens is 507 g/mol. The molecule has 194 valence electrons. The summed E-state index contributed by atoms with van der Waals surface area (Å²) in [6.07, 6.45) is 2.39. The third kappa shape index (κ3) is 9.04. The maximum Gasteiger partial charge on any atom is 0.433 e. The van der Waals surface area contributed by atoms with Crippen molar-refractivity contribution in [3.63, 3.8) is 0 Å². The minimum atomic E-state index is -4.33.